The molecule has 146 valence electrons. The molecule has 3 fully saturated rings. The molecule has 0 bridgehead atoms. The molecule has 0 aromatic rings. The monoisotopic (exact) mass is 360 g/mol. The molecule has 26 heavy (non-hydrogen) atoms. The van der Waals surface area contributed by atoms with Gasteiger partial charge < -0.3 is 10.6 Å². The third kappa shape index (κ3) is 3.98. The molecule has 3 rings (SSSR count). The highest BCUT2D eigenvalue weighted by atomic mass is 16.2. The van der Waals surface area contributed by atoms with Crippen molar-refractivity contribution in [2.24, 2.45) is 11.8 Å². The summed E-state index contributed by atoms with van der Waals surface area (Å²) >= 11 is 0. The highest BCUT2D eigenvalue weighted by Crippen LogP contribution is 2.41. The number of amides is 1. The van der Waals surface area contributed by atoms with Crippen molar-refractivity contribution in [1.82, 2.24) is 15.5 Å². The normalized spacial score (nSPS) is 33.3. The predicted octanol–water partition coefficient (Wildman–Crippen LogP) is 3.42. The molecular weight excluding hydrogens is 324 g/mol. The number of carbonyl (C=O) groups excluding carboxylic acids is 1. The summed E-state index contributed by atoms with van der Waals surface area (Å²) in [5.74, 6) is 1.46. The van der Waals surface area contributed by atoms with Crippen LogP contribution in [0, 0.1) is 17.2 Å². The Kier molecular flexibility index (Phi) is 6.38. The van der Waals surface area contributed by atoms with Gasteiger partial charge in [-0.05, 0) is 43.9 Å². The van der Waals surface area contributed by atoms with Gasteiger partial charge in [-0.2, -0.15) is 0 Å². The zero-order chi connectivity index (χ0) is 18.6. The smallest absolute Gasteiger partial charge is 0.255 e. The average Bonchev–Trinajstić information content (AvgIpc) is 2.90. The van der Waals surface area contributed by atoms with Crippen molar-refractivity contribution >= 4 is 11.9 Å². The van der Waals surface area contributed by atoms with Crippen LogP contribution in [-0.4, -0.2) is 41.9 Å². The number of carbonyl (C=O) groups is 1. The van der Waals surface area contributed by atoms with Crippen LogP contribution in [0.5, 0.6) is 0 Å². The SMILES string of the molecule is C=CCN[C@@H]1CCC[C@@H]([C@@]2(CCC3CCCCC3)NC(=N)N(C)C2=O)C1. The summed E-state index contributed by atoms with van der Waals surface area (Å²) < 4.78 is 0. The Morgan fingerprint density at radius 3 is 2.69 bits per heavy atom. The summed E-state index contributed by atoms with van der Waals surface area (Å²) in [4.78, 5) is 14.7. The topological polar surface area (TPSA) is 68.2 Å². The van der Waals surface area contributed by atoms with E-state index >= 15 is 0 Å². The Morgan fingerprint density at radius 2 is 2.04 bits per heavy atom. The predicted molar refractivity (Wildman–Crippen MR) is 106 cm³/mol. The zero-order valence-electron chi connectivity index (χ0n) is 16.4. The Hall–Kier alpha value is -1.36. The van der Waals surface area contributed by atoms with Crippen LogP contribution in [0.2, 0.25) is 0 Å². The van der Waals surface area contributed by atoms with Crippen molar-refractivity contribution in [3.8, 4) is 0 Å². The molecule has 0 unspecified atom stereocenters. The van der Waals surface area contributed by atoms with E-state index in [1.807, 2.05) is 6.08 Å². The van der Waals surface area contributed by atoms with Crippen molar-refractivity contribution in [3.63, 3.8) is 0 Å². The minimum atomic E-state index is -0.558. The minimum absolute atomic E-state index is 0.118. The first-order chi connectivity index (χ1) is 12.6. The molecule has 2 aliphatic carbocycles. The van der Waals surface area contributed by atoms with Gasteiger partial charge >= 0.3 is 0 Å². The molecule has 1 saturated heterocycles. The summed E-state index contributed by atoms with van der Waals surface area (Å²) in [6.07, 6.45) is 15.0. The molecule has 1 aliphatic heterocycles. The van der Waals surface area contributed by atoms with Gasteiger partial charge in [-0.3, -0.25) is 15.1 Å². The molecule has 0 aromatic heterocycles. The number of hydrogen-bond donors (Lipinski definition) is 3. The molecule has 5 heteroatoms. The van der Waals surface area contributed by atoms with Crippen LogP contribution < -0.4 is 10.6 Å². The first-order valence-corrected chi connectivity index (χ1v) is 10.6. The molecule has 3 atom stereocenters. The van der Waals surface area contributed by atoms with Gasteiger partial charge in [0.1, 0.15) is 5.54 Å². The van der Waals surface area contributed by atoms with Crippen LogP contribution in [0.1, 0.15) is 70.6 Å². The Bertz CT molecular complexity index is 528. The molecule has 5 nitrogen and oxygen atoms in total. The minimum Gasteiger partial charge on any atom is -0.341 e. The highest BCUT2D eigenvalue weighted by molar-refractivity contribution is 6.07. The standard InChI is InChI=1S/C21H36N4O/c1-3-14-23-18-11-7-10-17(15-18)21(19(26)25(2)20(22)24-21)13-12-16-8-5-4-6-9-16/h3,16-18,23H,1,4-15H2,2H3,(H2,22,24)/t17-,18-,21-/m1/s1. The third-order valence-corrected chi connectivity index (χ3v) is 6.96. The fraction of sp³-hybridized carbons (Fsp3) is 0.810. The van der Waals surface area contributed by atoms with Crippen molar-refractivity contribution in [2.75, 3.05) is 13.6 Å². The van der Waals surface area contributed by atoms with Gasteiger partial charge in [-0.1, -0.05) is 44.6 Å². The van der Waals surface area contributed by atoms with Crippen molar-refractivity contribution in [2.45, 2.75) is 82.2 Å². The summed E-state index contributed by atoms with van der Waals surface area (Å²) in [5.41, 5.74) is -0.558. The lowest BCUT2D eigenvalue weighted by molar-refractivity contribution is -0.133. The molecular formula is C21H36N4O. The molecule has 0 spiro atoms. The lowest BCUT2D eigenvalue weighted by Gasteiger charge is -2.41. The van der Waals surface area contributed by atoms with Gasteiger partial charge in [0.2, 0.25) is 0 Å². The van der Waals surface area contributed by atoms with Gasteiger partial charge in [0, 0.05) is 19.6 Å². The maximum atomic E-state index is 13.2. The van der Waals surface area contributed by atoms with E-state index in [4.69, 9.17) is 5.41 Å². The summed E-state index contributed by atoms with van der Waals surface area (Å²) in [6, 6.07) is 0.452. The van der Waals surface area contributed by atoms with Crippen LogP contribution in [0.25, 0.3) is 0 Å². The summed E-state index contributed by atoms with van der Waals surface area (Å²) in [7, 11) is 1.75. The van der Waals surface area contributed by atoms with E-state index in [0.29, 0.717) is 12.0 Å². The fourth-order valence-corrected chi connectivity index (χ4v) is 5.38. The molecule has 3 N–H and O–H groups in total. The maximum Gasteiger partial charge on any atom is 0.255 e. The number of nitrogens with zero attached hydrogens (tertiary/aromatic N) is 1. The van der Waals surface area contributed by atoms with Gasteiger partial charge in [0.25, 0.3) is 5.91 Å². The van der Waals surface area contributed by atoms with Gasteiger partial charge in [-0.15, -0.1) is 6.58 Å². The van der Waals surface area contributed by atoms with Gasteiger partial charge in [0.15, 0.2) is 5.96 Å². The lowest BCUT2D eigenvalue weighted by atomic mass is 9.69. The Morgan fingerprint density at radius 1 is 1.27 bits per heavy atom. The first-order valence-electron chi connectivity index (χ1n) is 10.6. The fourth-order valence-electron chi connectivity index (χ4n) is 5.38. The van der Waals surface area contributed by atoms with Crippen LogP contribution in [0.15, 0.2) is 12.7 Å². The number of hydrogen-bond acceptors (Lipinski definition) is 3. The van der Waals surface area contributed by atoms with Crippen molar-refractivity contribution in [3.05, 3.63) is 12.7 Å². The molecule has 2 saturated carbocycles. The average molecular weight is 361 g/mol. The largest absolute Gasteiger partial charge is 0.341 e. The summed E-state index contributed by atoms with van der Waals surface area (Å²) in [6.45, 7) is 4.63. The number of guanidine groups is 1. The Balaban J connectivity index is 1.73. The van der Waals surface area contributed by atoms with E-state index in [1.165, 1.54) is 43.4 Å². The number of nitrogens with one attached hydrogen (secondary N) is 3. The van der Waals surface area contributed by atoms with E-state index in [2.05, 4.69) is 17.2 Å². The van der Waals surface area contributed by atoms with Crippen LogP contribution in [0.4, 0.5) is 0 Å². The third-order valence-electron chi connectivity index (χ3n) is 6.96. The first kappa shape index (κ1) is 19.4. The molecule has 0 aromatic carbocycles. The van der Waals surface area contributed by atoms with Crippen LogP contribution in [0.3, 0.4) is 0 Å². The number of likely N-dealkylation sites (N-methyl/N-ethyl adjacent to an activating group) is 1. The number of rotatable bonds is 7. The van der Waals surface area contributed by atoms with E-state index in [9.17, 15) is 4.79 Å². The van der Waals surface area contributed by atoms with E-state index in [-0.39, 0.29) is 11.9 Å². The molecule has 0 radical (unpaired) electrons. The second-order valence-corrected chi connectivity index (χ2v) is 8.61. The zero-order valence-corrected chi connectivity index (χ0v) is 16.4. The second-order valence-electron chi connectivity index (χ2n) is 8.61. The van der Waals surface area contributed by atoms with Crippen LogP contribution in [-0.2, 0) is 4.79 Å². The maximum absolute atomic E-state index is 13.2. The van der Waals surface area contributed by atoms with E-state index in [1.54, 1.807) is 7.05 Å². The highest BCUT2D eigenvalue weighted by Gasteiger charge is 2.53. The van der Waals surface area contributed by atoms with E-state index < -0.39 is 5.54 Å². The van der Waals surface area contributed by atoms with Gasteiger partial charge in [-0.25, -0.2) is 0 Å². The quantitative estimate of drug-likeness (QED) is 0.609. The molecule has 1 heterocycles. The van der Waals surface area contributed by atoms with Crippen molar-refractivity contribution in [1.29, 1.82) is 5.41 Å². The molecule has 3 aliphatic rings. The van der Waals surface area contributed by atoms with Crippen molar-refractivity contribution < 1.29 is 4.79 Å². The Labute approximate surface area is 158 Å². The van der Waals surface area contributed by atoms with Gasteiger partial charge in [0.05, 0.1) is 0 Å². The molecule has 1 amide bonds. The van der Waals surface area contributed by atoms with Crippen LogP contribution >= 0.6 is 0 Å². The lowest BCUT2D eigenvalue weighted by Crippen LogP contribution is -2.56. The summed E-state index contributed by atoms with van der Waals surface area (Å²) in [5, 5.41) is 15.1. The second kappa shape index (κ2) is 8.55. The van der Waals surface area contributed by atoms with E-state index in [0.717, 1.165) is 44.6 Å².